The second kappa shape index (κ2) is 11.8. The van der Waals surface area contributed by atoms with Crippen LogP contribution in [0.4, 0.5) is 17.3 Å². The third-order valence-electron chi connectivity index (χ3n) is 5.18. The molecule has 1 aliphatic rings. The molecule has 0 saturated carbocycles. The molecule has 2 rings (SSSR count). The van der Waals surface area contributed by atoms with Crippen LogP contribution in [-0.4, -0.2) is 65.0 Å². The number of anilines is 3. The molecule has 30 heavy (non-hydrogen) atoms. The number of allylic oxidation sites excluding steroid dienone is 1. The lowest BCUT2D eigenvalue weighted by Gasteiger charge is -2.34. The summed E-state index contributed by atoms with van der Waals surface area (Å²) < 4.78 is 5.67. The highest BCUT2D eigenvalue weighted by atomic mass is 16.5. The summed E-state index contributed by atoms with van der Waals surface area (Å²) in [6, 6.07) is 0.783. The highest BCUT2D eigenvalue weighted by molar-refractivity contribution is 5.79. The first kappa shape index (κ1) is 24.0. The molecule has 1 atom stereocenters. The number of ether oxygens (including phenoxy) is 1. The van der Waals surface area contributed by atoms with Gasteiger partial charge in [0.1, 0.15) is 11.9 Å². The lowest BCUT2D eigenvalue weighted by Crippen LogP contribution is -2.43. The van der Waals surface area contributed by atoms with E-state index in [2.05, 4.69) is 66.1 Å². The molecule has 0 amide bonds. The summed E-state index contributed by atoms with van der Waals surface area (Å²) in [5.74, 6) is 0.938. The SMILES string of the molecule is C/C=C(\C=C\CN(CC)C(C)C)CN1CC(O)Nc2c(N)nc(OCCCC)nc21. The Labute approximate surface area is 180 Å². The van der Waals surface area contributed by atoms with Crippen LogP contribution in [0.5, 0.6) is 6.01 Å². The minimum absolute atomic E-state index is 0.274. The van der Waals surface area contributed by atoms with Gasteiger partial charge in [-0.2, -0.15) is 9.97 Å². The molecule has 0 radical (unpaired) electrons. The number of hydrogen-bond acceptors (Lipinski definition) is 8. The molecule has 1 aliphatic heterocycles. The van der Waals surface area contributed by atoms with Gasteiger partial charge in [-0.3, -0.25) is 4.90 Å². The molecule has 8 nitrogen and oxygen atoms in total. The Balaban J connectivity index is 2.17. The number of β-amino-alcohol motifs (C(OH)–C–C–N with tert-alkyl or cyclic N) is 1. The normalized spacial score (nSPS) is 17.0. The van der Waals surface area contributed by atoms with Crippen LogP contribution in [0, 0.1) is 0 Å². The molecule has 2 heterocycles. The lowest BCUT2D eigenvalue weighted by molar-refractivity contribution is 0.205. The average Bonchev–Trinajstić information content (AvgIpc) is 2.71. The lowest BCUT2D eigenvalue weighted by atomic mass is 10.1. The third-order valence-corrected chi connectivity index (χ3v) is 5.18. The van der Waals surface area contributed by atoms with Gasteiger partial charge in [-0.05, 0) is 39.3 Å². The van der Waals surface area contributed by atoms with E-state index in [1.165, 1.54) is 0 Å². The van der Waals surface area contributed by atoms with Crippen molar-refractivity contribution in [3.8, 4) is 6.01 Å². The average molecular weight is 419 g/mol. The van der Waals surface area contributed by atoms with E-state index in [0.717, 1.165) is 31.5 Å². The van der Waals surface area contributed by atoms with Crippen molar-refractivity contribution in [3.05, 3.63) is 23.8 Å². The second-order valence-corrected chi connectivity index (χ2v) is 7.78. The van der Waals surface area contributed by atoms with Crippen LogP contribution in [0.1, 0.15) is 47.5 Å². The van der Waals surface area contributed by atoms with Crippen molar-refractivity contribution in [3.63, 3.8) is 0 Å². The molecule has 1 unspecified atom stereocenters. The number of unbranched alkanes of at least 4 members (excludes halogenated alkanes) is 1. The Morgan fingerprint density at radius 1 is 1.40 bits per heavy atom. The van der Waals surface area contributed by atoms with Gasteiger partial charge in [0, 0.05) is 19.1 Å². The predicted molar refractivity (Wildman–Crippen MR) is 124 cm³/mol. The molecule has 0 saturated heterocycles. The third kappa shape index (κ3) is 6.60. The first-order chi connectivity index (χ1) is 14.4. The van der Waals surface area contributed by atoms with E-state index in [1.807, 2.05) is 11.8 Å². The molecule has 1 aromatic rings. The number of nitrogen functional groups attached to an aromatic ring is 1. The van der Waals surface area contributed by atoms with Gasteiger partial charge in [-0.25, -0.2) is 0 Å². The van der Waals surface area contributed by atoms with E-state index in [-0.39, 0.29) is 11.8 Å². The summed E-state index contributed by atoms with van der Waals surface area (Å²) in [6.45, 7) is 14.2. The van der Waals surface area contributed by atoms with Gasteiger partial charge in [0.2, 0.25) is 0 Å². The first-order valence-corrected chi connectivity index (χ1v) is 10.9. The number of hydrogen-bond donors (Lipinski definition) is 3. The molecule has 0 fully saturated rings. The topological polar surface area (TPSA) is 99.8 Å². The maximum atomic E-state index is 10.3. The van der Waals surface area contributed by atoms with Crippen LogP contribution in [0.2, 0.25) is 0 Å². The van der Waals surface area contributed by atoms with Crippen molar-refractivity contribution in [1.29, 1.82) is 0 Å². The van der Waals surface area contributed by atoms with Crippen molar-refractivity contribution >= 4 is 17.3 Å². The number of aromatic nitrogens is 2. The molecule has 1 aromatic heterocycles. The zero-order valence-corrected chi connectivity index (χ0v) is 19.1. The Bertz CT molecular complexity index is 735. The molecule has 0 aromatic carbocycles. The largest absolute Gasteiger partial charge is 0.463 e. The Hall–Kier alpha value is -2.32. The van der Waals surface area contributed by atoms with Gasteiger partial charge in [0.05, 0.1) is 13.2 Å². The minimum atomic E-state index is -0.742. The number of fused-ring (bicyclic) bond motifs is 1. The standard InChI is InChI=1S/C22H38N6O2/c1-6-9-13-30-22-25-20(23)19-21(26-22)28(15-18(29)24-19)14-17(7-2)11-10-12-27(8-3)16(4)5/h7,10-11,16,18,24,29H,6,8-9,12-15H2,1-5H3,(H2,23,25,26)/b11-10+,17-7+. The maximum Gasteiger partial charge on any atom is 0.320 e. The highest BCUT2D eigenvalue weighted by Crippen LogP contribution is 2.34. The van der Waals surface area contributed by atoms with E-state index in [4.69, 9.17) is 10.5 Å². The quantitative estimate of drug-likeness (QED) is 0.372. The Morgan fingerprint density at radius 2 is 2.17 bits per heavy atom. The van der Waals surface area contributed by atoms with E-state index >= 15 is 0 Å². The summed E-state index contributed by atoms with van der Waals surface area (Å²) in [4.78, 5) is 13.2. The van der Waals surface area contributed by atoms with Crippen LogP contribution in [-0.2, 0) is 0 Å². The molecular weight excluding hydrogens is 380 g/mol. The summed E-state index contributed by atoms with van der Waals surface area (Å²) in [5, 5.41) is 13.3. The second-order valence-electron chi connectivity index (χ2n) is 7.78. The number of nitrogens with zero attached hydrogens (tertiary/aromatic N) is 4. The number of aliphatic hydroxyl groups is 1. The fourth-order valence-electron chi connectivity index (χ4n) is 3.34. The number of nitrogens with two attached hydrogens (primary N) is 1. The summed E-state index contributed by atoms with van der Waals surface area (Å²) in [6.07, 6.45) is 7.63. The molecule has 8 heteroatoms. The van der Waals surface area contributed by atoms with Crippen molar-refractivity contribution in [2.75, 3.05) is 48.7 Å². The predicted octanol–water partition coefficient (Wildman–Crippen LogP) is 3.02. The van der Waals surface area contributed by atoms with Crippen LogP contribution in [0.25, 0.3) is 0 Å². The first-order valence-electron chi connectivity index (χ1n) is 10.9. The fraction of sp³-hybridized carbons (Fsp3) is 0.636. The van der Waals surface area contributed by atoms with Crippen LogP contribution in [0.15, 0.2) is 23.8 Å². The smallest absolute Gasteiger partial charge is 0.320 e. The number of aliphatic hydroxyl groups excluding tert-OH is 1. The molecule has 168 valence electrons. The van der Waals surface area contributed by atoms with Crippen molar-refractivity contribution in [2.24, 2.45) is 0 Å². The molecule has 0 spiro atoms. The van der Waals surface area contributed by atoms with Gasteiger partial charge in [-0.1, -0.05) is 38.5 Å². The molecule has 0 aliphatic carbocycles. The zero-order valence-electron chi connectivity index (χ0n) is 19.1. The van der Waals surface area contributed by atoms with Crippen molar-refractivity contribution in [1.82, 2.24) is 14.9 Å². The summed E-state index contributed by atoms with van der Waals surface area (Å²) in [5.41, 5.74) is 7.81. The van der Waals surface area contributed by atoms with Gasteiger partial charge in [-0.15, -0.1) is 0 Å². The highest BCUT2D eigenvalue weighted by Gasteiger charge is 2.27. The zero-order chi connectivity index (χ0) is 22.1. The van der Waals surface area contributed by atoms with Crippen LogP contribution < -0.4 is 20.7 Å². The maximum absolute atomic E-state index is 10.3. The molecular formula is C22H38N6O2. The fourth-order valence-corrected chi connectivity index (χ4v) is 3.34. The Kier molecular flexibility index (Phi) is 9.39. The van der Waals surface area contributed by atoms with E-state index in [9.17, 15) is 5.11 Å². The molecule has 4 N–H and O–H groups in total. The molecule has 0 bridgehead atoms. The van der Waals surface area contributed by atoms with Crippen LogP contribution in [0.3, 0.4) is 0 Å². The van der Waals surface area contributed by atoms with Crippen molar-refractivity contribution < 1.29 is 9.84 Å². The summed E-state index contributed by atoms with van der Waals surface area (Å²) >= 11 is 0. The van der Waals surface area contributed by atoms with Gasteiger partial charge in [0.15, 0.2) is 11.6 Å². The van der Waals surface area contributed by atoms with Crippen molar-refractivity contribution in [2.45, 2.75) is 59.7 Å². The summed E-state index contributed by atoms with van der Waals surface area (Å²) in [7, 11) is 0. The van der Waals surface area contributed by atoms with E-state index in [1.54, 1.807) is 0 Å². The van der Waals surface area contributed by atoms with E-state index < -0.39 is 6.23 Å². The Morgan fingerprint density at radius 3 is 2.80 bits per heavy atom. The van der Waals surface area contributed by atoms with E-state index in [0.29, 0.717) is 37.2 Å². The number of nitrogens with one attached hydrogen (secondary N) is 1. The number of likely N-dealkylation sites (N-methyl/N-ethyl adjacent to an activating group) is 1. The van der Waals surface area contributed by atoms with Crippen LogP contribution >= 0.6 is 0 Å². The van der Waals surface area contributed by atoms with Gasteiger partial charge < -0.3 is 25.8 Å². The monoisotopic (exact) mass is 418 g/mol. The number of rotatable bonds is 11. The van der Waals surface area contributed by atoms with Gasteiger partial charge in [0.25, 0.3) is 0 Å². The van der Waals surface area contributed by atoms with Gasteiger partial charge >= 0.3 is 6.01 Å². The minimum Gasteiger partial charge on any atom is -0.463 e.